The minimum absolute atomic E-state index is 0.0538. The Hall–Kier alpha value is -2.08. The van der Waals surface area contributed by atoms with E-state index in [2.05, 4.69) is 10.6 Å². The SMILES string of the molecule is COCc1cccc(NC(=O)NC(C(=O)O)C2CC2)c1. The van der Waals surface area contributed by atoms with Gasteiger partial charge in [-0.25, -0.2) is 9.59 Å². The lowest BCUT2D eigenvalue weighted by Crippen LogP contribution is -2.44. The summed E-state index contributed by atoms with van der Waals surface area (Å²) in [4.78, 5) is 22.9. The molecule has 3 N–H and O–H groups in total. The van der Waals surface area contributed by atoms with Crippen LogP contribution in [0.2, 0.25) is 0 Å². The third-order valence-corrected chi connectivity index (χ3v) is 3.14. The summed E-state index contributed by atoms with van der Waals surface area (Å²) >= 11 is 0. The number of carbonyl (C=O) groups is 2. The molecule has 20 heavy (non-hydrogen) atoms. The number of carbonyl (C=O) groups excluding carboxylic acids is 1. The molecular weight excluding hydrogens is 260 g/mol. The van der Waals surface area contributed by atoms with E-state index in [1.165, 1.54) is 0 Å². The van der Waals surface area contributed by atoms with Gasteiger partial charge in [-0.1, -0.05) is 12.1 Å². The number of hydrogen-bond donors (Lipinski definition) is 3. The number of rotatable bonds is 6. The first-order chi connectivity index (χ1) is 9.60. The van der Waals surface area contributed by atoms with Crippen LogP contribution in [-0.4, -0.2) is 30.3 Å². The molecular formula is C14H18N2O4. The summed E-state index contributed by atoms with van der Waals surface area (Å²) in [6.45, 7) is 0.455. The molecule has 0 radical (unpaired) electrons. The van der Waals surface area contributed by atoms with Crippen LogP contribution in [0, 0.1) is 5.92 Å². The summed E-state index contributed by atoms with van der Waals surface area (Å²) in [5, 5.41) is 14.2. The van der Waals surface area contributed by atoms with E-state index in [1.54, 1.807) is 25.3 Å². The first-order valence-corrected chi connectivity index (χ1v) is 6.48. The van der Waals surface area contributed by atoms with Crippen molar-refractivity contribution in [3.8, 4) is 0 Å². The third-order valence-electron chi connectivity index (χ3n) is 3.14. The van der Waals surface area contributed by atoms with Crippen molar-refractivity contribution in [2.45, 2.75) is 25.5 Å². The summed E-state index contributed by atoms with van der Waals surface area (Å²) in [6.07, 6.45) is 1.70. The average Bonchev–Trinajstić information content (AvgIpc) is 3.20. The standard InChI is InChI=1S/C14H18N2O4/c1-20-8-9-3-2-4-11(7-9)15-14(19)16-12(13(17)18)10-5-6-10/h2-4,7,10,12H,5-6,8H2,1H3,(H,17,18)(H2,15,16,19). The lowest BCUT2D eigenvalue weighted by atomic mass is 10.2. The van der Waals surface area contributed by atoms with E-state index in [1.807, 2.05) is 6.07 Å². The molecule has 2 amide bonds. The van der Waals surface area contributed by atoms with Gasteiger partial charge < -0.3 is 20.5 Å². The highest BCUT2D eigenvalue weighted by Gasteiger charge is 2.37. The molecule has 1 fully saturated rings. The largest absolute Gasteiger partial charge is 0.480 e. The van der Waals surface area contributed by atoms with Crippen LogP contribution in [0.5, 0.6) is 0 Å². The summed E-state index contributed by atoms with van der Waals surface area (Å²) in [5.74, 6) is -0.936. The predicted octanol–water partition coefficient (Wildman–Crippen LogP) is 1.82. The summed E-state index contributed by atoms with van der Waals surface area (Å²) in [6, 6.07) is 5.91. The van der Waals surface area contributed by atoms with Crippen molar-refractivity contribution in [1.29, 1.82) is 0 Å². The van der Waals surface area contributed by atoms with Crippen LogP contribution in [-0.2, 0) is 16.1 Å². The maximum Gasteiger partial charge on any atom is 0.326 e. The van der Waals surface area contributed by atoms with Crippen molar-refractivity contribution in [2.75, 3.05) is 12.4 Å². The Kier molecular flexibility index (Phi) is 4.57. The van der Waals surface area contributed by atoms with E-state index in [4.69, 9.17) is 9.84 Å². The molecule has 1 aromatic rings. The first kappa shape index (κ1) is 14.3. The Labute approximate surface area is 117 Å². The summed E-state index contributed by atoms with van der Waals surface area (Å²) < 4.78 is 5.02. The smallest absolute Gasteiger partial charge is 0.326 e. The second kappa shape index (κ2) is 6.38. The highest BCUT2D eigenvalue weighted by Crippen LogP contribution is 2.32. The van der Waals surface area contributed by atoms with Crippen molar-refractivity contribution in [3.63, 3.8) is 0 Å². The molecule has 0 bridgehead atoms. The van der Waals surface area contributed by atoms with Gasteiger partial charge in [0.05, 0.1) is 6.61 Å². The maximum atomic E-state index is 11.8. The van der Waals surface area contributed by atoms with Gasteiger partial charge in [0.2, 0.25) is 0 Å². The third kappa shape index (κ3) is 3.96. The Morgan fingerprint density at radius 2 is 2.20 bits per heavy atom. The van der Waals surface area contributed by atoms with Gasteiger partial charge in [-0.2, -0.15) is 0 Å². The van der Waals surface area contributed by atoms with Crippen LogP contribution in [0.4, 0.5) is 10.5 Å². The fraction of sp³-hybridized carbons (Fsp3) is 0.429. The lowest BCUT2D eigenvalue weighted by molar-refractivity contribution is -0.139. The first-order valence-electron chi connectivity index (χ1n) is 6.48. The molecule has 0 heterocycles. The Morgan fingerprint density at radius 1 is 1.45 bits per heavy atom. The number of ether oxygens (including phenoxy) is 1. The van der Waals surface area contributed by atoms with Crippen molar-refractivity contribution in [1.82, 2.24) is 5.32 Å². The van der Waals surface area contributed by atoms with Gasteiger partial charge in [0, 0.05) is 12.8 Å². The minimum atomic E-state index is -0.990. The zero-order valence-corrected chi connectivity index (χ0v) is 11.3. The molecule has 6 heteroatoms. The van der Waals surface area contributed by atoms with E-state index in [-0.39, 0.29) is 5.92 Å². The molecule has 1 unspecified atom stereocenters. The molecule has 0 spiro atoms. The van der Waals surface area contributed by atoms with E-state index in [9.17, 15) is 9.59 Å². The molecule has 1 aromatic carbocycles. The van der Waals surface area contributed by atoms with Gasteiger partial charge in [0.1, 0.15) is 6.04 Å². The molecule has 1 aliphatic rings. The molecule has 0 aromatic heterocycles. The number of benzene rings is 1. The van der Waals surface area contributed by atoms with Crippen molar-refractivity contribution < 1.29 is 19.4 Å². The van der Waals surface area contributed by atoms with Crippen LogP contribution in [0.1, 0.15) is 18.4 Å². The number of aliphatic carboxylic acids is 1. The number of hydrogen-bond acceptors (Lipinski definition) is 3. The molecule has 0 saturated heterocycles. The van der Waals surface area contributed by atoms with Crippen molar-refractivity contribution in [2.24, 2.45) is 5.92 Å². The van der Waals surface area contributed by atoms with Crippen molar-refractivity contribution >= 4 is 17.7 Å². The summed E-state index contributed by atoms with van der Waals surface area (Å²) in [7, 11) is 1.60. The van der Waals surface area contributed by atoms with Gasteiger partial charge >= 0.3 is 12.0 Å². The molecule has 6 nitrogen and oxygen atoms in total. The van der Waals surface area contributed by atoms with Crippen LogP contribution in [0.15, 0.2) is 24.3 Å². The topological polar surface area (TPSA) is 87.7 Å². The number of anilines is 1. The Morgan fingerprint density at radius 3 is 2.80 bits per heavy atom. The maximum absolute atomic E-state index is 11.8. The Bertz CT molecular complexity index is 500. The van der Waals surface area contributed by atoms with Gasteiger partial charge in [0.15, 0.2) is 0 Å². The monoisotopic (exact) mass is 278 g/mol. The fourth-order valence-electron chi connectivity index (χ4n) is 2.02. The molecule has 2 rings (SSSR count). The number of amides is 2. The highest BCUT2D eigenvalue weighted by atomic mass is 16.5. The normalized spacial score (nSPS) is 15.4. The summed E-state index contributed by atoms with van der Waals surface area (Å²) in [5.41, 5.74) is 1.54. The van der Waals surface area contributed by atoms with Gasteiger partial charge in [-0.3, -0.25) is 0 Å². The average molecular weight is 278 g/mol. The predicted molar refractivity (Wildman–Crippen MR) is 73.5 cm³/mol. The van der Waals surface area contributed by atoms with Gasteiger partial charge in [0.25, 0.3) is 0 Å². The van der Waals surface area contributed by atoms with Gasteiger partial charge in [-0.15, -0.1) is 0 Å². The quantitative estimate of drug-likeness (QED) is 0.740. The van der Waals surface area contributed by atoms with E-state index < -0.39 is 18.0 Å². The lowest BCUT2D eigenvalue weighted by Gasteiger charge is -2.14. The number of urea groups is 1. The zero-order chi connectivity index (χ0) is 14.5. The number of nitrogens with one attached hydrogen (secondary N) is 2. The molecule has 0 aliphatic heterocycles. The van der Waals surface area contributed by atoms with Crippen LogP contribution >= 0.6 is 0 Å². The molecule has 1 aliphatic carbocycles. The molecule has 1 atom stereocenters. The van der Waals surface area contributed by atoms with Crippen LogP contribution < -0.4 is 10.6 Å². The second-order valence-electron chi connectivity index (χ2n) is 4.89. The van der Waals surface area contributed by atoms with Gasteiger partial charge in [-0.05, 0) is 36.5 Å². The van der Waals surface area contributed by atoms with E-state index in [0.717, 1.165) is 18.4 Å². The van der Waals surface area contributed by atoms with E-state index >= 15 is 0 Å². The number of methoxy groups -OCH3 is 1. The second-order valence-corrected chi connectivity index (χ2v) is 4.89. The number of carboxylic acid groups (broad SMARTS) is 1. The molecule has 1 saturated carbocycles. The Balaban J connectivity index is 1.93. The molecule has 108 valence electrons. The zero-order valence-electron chi connectivity index (χ0n) is 11.3. The fourth-order valence-corrected chi connectivity index (χ4v) is 2.02. The van der Waals surface area contributed by atoms with E-state index in [0.29, 0.717) is 12.3 Å². The van der Waals surface area contributed by atoms with Crippen molar-refractivity contribution in [3.05, 3.63) is 29.8 Å². The van der Waals surface area contributed by atoms with Crippen LogP contribution in [0.3, 0.4) is 0 Å². The minimum Gasteiger partial charge on any atom is -0.480 e. The highest BCUT2D eigenvalue weighted by molar-refractivity contribution is 5.92. The number of carboxylic acids is 1. The van der Waals surface area contributed by atoms with Crippen LogP contribution in [0.25, 0.3) is 0 Å².